The summed E-state index contributed by atoms with van der Waals surface area (Å²) >= 11 is 38.0. The summed E-state index contributed by atoms with van der Waals surface area (Å²) in [7, 11) is -4.11. The van der Waals surface area contributed by atoms with E-state index in [1.165, 1.54) is 0 Å². The van der Waals surface area contributed by atoms with E-state index in [0.29, 0.717) is 0 Å². The summed E-state index contributed by atoms with van der Waals surface area (Å²) in [5.74, 6) is -1.33. The molecule has 0 radical (unpaired) electrons. The van der Waals surface area contributed by atoms with Crippen LogP contribution in [0.15, 0.2) is 10.1 Å². The molecule has 3 rings (SSSR count). The second-order valence-electron chi connectivity index (χ2n) is 4.82. The monoisotopic (exact) mass is 420 g/mol. The van der Waals surface area contributed by atoms with Crippen LogP contribution >= 0.6 is 69.6 Å². The minimum atomic E-state index is -4.11. The predicted molar refractivity (Wildman–Crippen MR) is 78.1 cm³/mol. The first-order valence-corrected chi connectivity index (χ1v) is 8.96. The Morgan fingerprint density at radius 3 is 1.60 bits per heavy atom. The van der Waals surface area contributed by atoms with Crippen molar-refractivity contribution < 1.29 is 16.8 Å². The van der Waals surface area contributed by atoms with Gasteiger partial charge < -0.3 is 0 Å². The second-order valence-corrected chi connectivity index (χ2v) is 9.38. The maximum absolute atomic E-state index is 11.4. The van der Waals surface area contributed by atoms with Crippen LogP contribution in [0, 0.1) is 11.8 Å². The number of alkyl halides is 4. The number of allylic oxidation sites excluding steroid dienone is 2. The molecule has 1 heterocycles. The standard InChI is InChI=1S/C9H6Cl6O4S/c10-5-6(11)8(13)4-2-19-20(16,17)18-1-3(4)7(5,12)9(8,14)15/h3-4H,1-2H2/t3-,4-,7-,8+/m1/s1. The maximum Gasteiger partial charge on any atom is 0.399 e. The Morgan fingerprint density at radius 2 is 1.25 bits per heavy atom. The maximum atomic E-state index is 11.4. The van der Waals surface area contributed by atoms with E-state index >= 15 is 0 Å². The van der Waals surface area contributed by atoms with Crippen molar-refractivity contribution in [1.82, 2.24) is 0 Å². The molecular weight excluding hydrogens is 417 g/mol. The van der Waals surface area contributed by atoms with E-state index in [1.54, 1.807) is 0 Å². The van der Waals surface area contributed by atoms with E-state index in [0.717, 1.165) is 0 Å². The topological polar surface area (TPSA) is 52.6 Å². The van der Waals surface area contributed by atoms with Crippen molar-refractivity contribution >= 4 is 80.0 Å². The summed E-state index contributed by atoms with van der Waals surface area (Å²) in [5.41, 5.74) is 0. The van der Waals surface area contributed by atoms with Gasteiger partial charge in [-0.05, 0) is 0 Å². The molecule has 2 fully saturated rings. The highest BCUT2D eigenvalue weighted by atomic mass is 35.5. The third kappa shape index (κ3) is 1.62. The van der Waals surface area contributed by atoms with Gasteiger partial charge in [0.2, 0.25) is 0 Å². The molecule has 1 saturated carbocycles. The lowest BCUT2D eigenvalue weighted by Crippen LogP contribution is -2.45. The third-order valence-electron chi connectivity index (χ3n) is 4.04. The highest BCUT2D eigenvalue weighted by molar-refractivity contribution is 7.81. The minimum absolute atomic E-state index is 0.00461. The molecule has 0 aromatic rings. The van der Waals surface area contributed by atoms with Gasteiger partial charge in [0.1, 0.15) is 9.75 Å². The molecule has 20 heavy (non-hydrogen) atoms. The van der Waals surface area contributed by atoms with Crippen molar-refractivity contribution in [2.45, 2.75) is 14.1 Å². The van der Waals surface area contributed by atoms with Gasteiger partial charge in [0.15, 0.2) is 4.33 Å². The molecule has 0 amide bonds. The quantitative estimate of drug-likeness (QED) is 0.562. The predicted octanol–water partition coefficient (Wildman–Crippen LogP) is 3.36. The molecule has 11 heteroatoms. The zero-order valence-corrected chi connectivity index (χ0v) is 14.7. The molecule has 4 atom stereocenters. The van der Waals surface area contributed by atoms with Crippen molar-refractivity contribution in [3.8, 4) is 0 Å². The molecule has 3 aliphatic rings. The number of rotatable bonds is 0. The van der Waals surface area contributed by atoms with Crippen molar-refractivity contribution in [2.75, 3.05) is 13.2 Å². The Morgan fingerprint density at radius 1 is 0.900 bits per heavy atom. The molecular formula is C9H6Cl6O4S. The lowest BCUT2D eigenvalue weighted by Gasteiger charge is -2.33. The van der Waals surface area contributed by atoms with Crippen LogP contribution in [-0.2, 0) is 18.8 Å². The first kappa shape index (κ1) is 16.2. The van der Waals surface area contributed by atoms with Gasteiger partial charge in [-0.3, -0.25) is 0 Å². The molecule has 0 unspecified atom stereocenters. The average molecular weight is 423 g/mol. The highest BCUT2D eigenvalue weighted by Gasteiger charge is 2.82. The smallest absolute Gasteiger partial charge is 0.248 e. The molecule has 4 nitrogen and oxygen atoms in total. The molecule has 1 aliphatic heterocycles. The van der Waals surface area contributed by atoms with E-state index in [2.05, 4.69) is 0 Å². The molecule has 0 spiro atoms. The van der Waals surface area contributed by atoms with Gasteiger partial charge in [0.25, 0.3) is 0 Å². The fourth-order valence-corrected chi connectivity index (χ4v) is 6.77. The third-order valence-corrected chi connectivity index (χ3v) is 9.24. The summed E-state index contributed by atoms with van der Waals surface area (Å²) in [5, 5.41) is 0.00922. The lowest BCUT2D eigenvalue weighted by atomic mass is 9.83. The normalized spacial score (nSPS) is 49.1. The van der Waals surface area contributed by atoms with Gasteiger partial charge in [-0.2, -0.15) is 8.42 Å². The van der Waals surface area contributed by atoms with Crippen LogP contribution in [-0.4, -0.2) is 35.7 Å². The summed E-state index contributed by atoms with van der Waals surface area (Å²) < 4.78 is 30.5. The number of hydrogen-bond donors (Lipinski definition) is 0. The van der Waals surface area contributed by atoms with Crippen LogP contribution in [0.3, 0.4) is 0 Å². The van der Waals surface area contributed by atoms with Crippen LogP contribution in [0.5, 0.6) is 0 Å². The van der Waals surface area contributed by atoms with E-state index in [1.807, 2.05) is 0 Å². The van der Waals surface area contributed by atoms with Gasteiger partial charge in [0.05, 0.1) is 23.3 Å². The van der Waals surface area contributed by atoms with Crippen molar-refractivity contribution in [3.05, 3.63) is 10.1 Å². The van der Waals surface area contributed by atoms with Crippen LogP contribution in [0.25, 0.3) is 0 Å². The number of halogens is 6. The van der Waals surface area contributed by atoms with Crippen molar-refractivity contribution in [2.24, 2.45) is 11.8 Å². The molecule has 2 aliphatic carbocycles. The van der Waals surface area contributed by atoms with E-state index in [9.17, 15) is 8.42 Å². The molecule has 1 saturated heterocycles. The Labute approximate surface area is 145 Å². The summed E-state index contributed by atoms with van der Waals surface area (Å²) in [6, 6.07) is 0. The average Bonchev–Trinajstić information content (AvgIpc) is 2.52. The van der Waals surface area contributed by atoms with Gasteiger partial charge >= 0.3 is 10.4 Å². The van der Waals surface area contributed by atoms with E-state index in [-0.39, 0.29) is 23.3 Å². The van der Waals surface area contributed by atoms with Crippen molar-refractivity contribution in [3.63, 3.8) is 0 Å². The minimum Gasteiger partial charge on any atom is -0.248 e. The van der Waals surface area contributed by atoms with Gasteiger partial charge in [-0.15, -0.1) is 23.2 Å². The molecule has 0 N–H and O–H groups in total. The highest BCUT2D eigenvalue weighted by Crippen LogP contribution is 2.76. The summed E-state index contributed by atoms with van der Waals surface area (Å²) in [6.45, 7) is -0.598. The first-order valence-electron chi connectivity index (χ1n) is 5.36. The molecule has 2 bridgehead atoms. The number of hydrogen-bond acceptors (Lipinski definition) is 4. The van der Waals surface area contributed by atoms with E-state index < -0.39 is 36.3 Å². The van der Waals surface area contributed by atoms with Gasteiger partial charge in [0, 0.05) is 11.8 Å². The Balaban J connectivity index is 2.19. The Bertz CT molecular complexity index is 574. The molecule has 0 aromatic carbocycles. The Kier molecular flexibility index (Phi) is 3.61. The largest absolute Gasteiger partial charge is 0.399 e. The fourth-order valence-electron chi connectivity index (χ4n) is 3.01. The fraction of sp³-hybridized carbons (Fsp3) is 0.778. The first-order chi connectivity index (χ1) is 9.00. The Hall–Kier alpha value is 1.35. The van der Waals surface area contributed by atoms with Gasteiger partial charge in [-0.25, -0.2) is 8.37 Å². The lowest BCUT2D eigenvalue weighted by molar-refractivity contribution is 0.207. The van der Waals surface area contributed by atoms with E-state index in [4.69, 9.17) is 78.0 Å². The summed E-state index contributed by atoms with van der Waals surface area (Å²) in [6.07, 6.45) is 0. The second kappa shape index (κ2) is 4.46. The summed E-state index contributed by atoms with van der Waals surface area (Å²) in [4.78, 5) is -3.07. The molecule has 114 valence electrons. The number of fused-ring (bicyclic) bond motifs is 5. The van der Waals surface area contributed by atoms with Crippen LogP contribution in [0.4, 0.5) is 0 Å². The van der Waals surface area contributed by atoms with Crippen LogP contribution in [0.1, 0.15) is 0 Å². The van der Waals surface area contributed by atoms with Crippen LogP contribution in [0.2, 0.25) is 0 Å². The van der Waals surface area contributed by atoms with Crippen molar-refractivity contribution in [1.29, 1.82) is 0 Å². The zero-order chi connectivity index (χ0) is 15.1. The SMILES string of the molecule is O=S1(=O)OC[C@@H]2[C@@H](CO1)[C@@]1(Cl)C(Cl)=C(Cl)[C@]2(Cl)C1(Cl)Cl. The van der Waals surface area contributed by atoms with Crippen LogP contribution < -0.4 is 0 Å². The molecule has 0 aromatic heterocycles. The van der Waals surface area contributed by atoms with Gasteiger partial charge in [-0.1, -0.05) is 46.4 Å². The zero-order valence-electron chi connectivity index (χ0n) is 9.38.